The molecule has 5 heteroatoms. The van der Waals surface area contributed by atoms with Gasteiger partial charge in [0.25, 0.3) is 0 Å². The van der Waals surface area contributed by atoms with Gasteiger partial charge in [-0.15, -0.1) is 5.10 Å². The highest BCUT2D eigenvalue weighted by molar-refractivity contribution is 5.62. The summed E-state index contributed by atoms with van der Waals surface area (Å²) in [5, 5.41) is 8.15. The van der Waals surface area contributed by atoms with Crippen molar-refractivity contribution in [1.82, 2.24) is 15.0 Å². The second kappa shape index (κ2) is 5.66. The fourth-order valence-electron chi connectivity index (χ4n) is 2.17. The summed E-state index contributed by atoms with van der Waals surface area (Å²) in [7, 11) is 0. The van der Waals surface area contributed by atoms with Gasteiger partial charge < -0.3 is 10.5 Å². The van der Waals surface area contributed by atoms with Crippen molar-refractivity contribution < 1.29 is 4.74 Å². The number of aromatic nitrogens is 3. The number of nitrogen functional groups attached to an aromatic ring is 1. The Hall–Kier alpha value is -2.82. The molecule has 3 aromatic rings. The van der Waals surface area contributed by atoms with Gasteiger partial charge in [0.1, 0.15) is 5.75 Å². The molecule has 0 aliphatic heterocycles. The smallest absolute Gasteiger partial charge is 0.119 e. The first kappa shape index (κ1) is 13.2. The van der Waals surface area contributed by atoms with E-state index >= 15 is 0 Å². The van der Waals surface area contributed by atoms with E-state index in [2.05, 4.69) is 10.3 Å². The summed E-state index contributed by atoms with van der Waals surface area (Å²) in [4.78, 5) is 0. The Bertz CT molecular complexity index is 734. The van der Waals surface area contributed by atoms with Crippen molar-refractivity contribution in [2.24, 2.45) is 0 Å². The lowest BCUT2D eigenvalue weighted by Crippen LogP contribution is -2.00. The molecule has 2 N–H and O–H groups in total. The molecule has 0 spiro atoms. The molecule has 0 bridgehead atoms. The van der Waals surface area contributed by atoms with Crippen LogP contribution in [0.4, 0.5) is 5.69 Å². The lowest BCUT2D eigenvalue weighted by Gasteiger charge is -2.08. The summed E-state index contributed by atoms with van der Waals surface area (Å²) in [5.74, 6) is 0.851. The molecule has 0 fully saturated rings. The van der Waals surface area contributed by atoms with Crippen LogP contribution in [0, 0.1) is 0 Å². The van der Waals surface area contributed by atoms with Crippen molar-refractivity contribution in [3.8, 4) is 22.7 Å². The van der Waals surface area contributed by atoms with E-state index in [1.807, 2.05) is 55.5 Å². The number of ether oxygens (including phenoxy) is 1. The summed E-state index contributed by atoms with van der Waals surface area (Å²) in [5.41, 5.74) is 9.33. The Kier molecular flexibility index (Phi) is 3.55. The summed E-state index contributed by atoms with van der Waals surface area (Å²) in [6.07, 6.45) is 1.73. The fourth-order valence-corrected chi connectivity index (χ4v) is 2.17. The van der Waals surface area contributed by atoms with Crippen molar-refractivity contribution in [3.05, 3.63) is 54.7 Å². The van der Waals surface area contributed by atoms with Crippen LogP contribution >= 0.6 is 0 Å². The molecule has 2 aromatic carbocycles. The van der Waals surface area contributed by atoms with Crippen LogP contribution < -0.4 is 10.5 Å². The summed E-state index contributed by atoms with van der Waals surface area (Å²) in [6, 6.07) is 15.4. The van der Waals surface area contributed by atoms with Gasteiger partial charge in [0.2, 0.25) is 0 Å². The Morgan fingerprint density at radius 1 is 1.14 bits per heavy atom. The largest absolute Gasteiger partial charge is 0.494 e. The van der Waals surface area contributed by atoms with Crippen molar-refractivity contribution in [1.29, 1.82) is 0 Å². The van der Waals surface area contributed by atoms with Gasteiger partial charge in [-0.2, -0.15) is 0 Å². The Morgan fingerprint density at radius 2 is 1.95 bits per heavy atom. The van der Waals surface area contributed by atoms with Crippen molar-refractivity contribution in [2.45, 2.75) is 6.92 Å². The maximum atomic E-state index is 5.83. The molecule has 3 rings (SSSR count). The number of nitrogens with two attached hydrogens (primary N) is 1. The maximum Gasteiger partial charge on any atom is 0.119 e. The van der Waals surface area contributed by atoms with Crippen molar-refractivity contribution >= 4 is 5.69 Å². The molecule has 106 valence electrons. The van der Waals surface area contributed by atoms with Crippen LogP contribution in [0.1, 0.15) is 6.92 Å². The number of hydrogen-bond donors (Lipinski definition) is 1. The van der Waals surface area contributed by atoms with Gasteiger partial charge in [-0.25, -0.2) is 4.68 Å². The van der Waals surface area contributed by atoms with E-state index < -0.39 is 0 Å². The minimum Gasteiger partial charge on any atom is -0.494 e. The molecule has 0 radical (unpaired) electrons. The standard InChI is InChI=1S/C16H16N4O/c1-2-21-15-8-6-12(7-9-15)16-11-18-19-20(16)14-5-3-4-13(17)10-14/h3-11H,2,17H2,1H3. The van der Waals surface area contributed by atoms with Crippen LogP contribution in [0.3, 0.4) is 0 Å². The molecular weight excluding hydrogens is 264 g/mol. The first-order valence-corrected chi connectivity index (χ1v) is 6.78. The molecule has 5 nitrogen and oxygen atoms in total. The fraction of sp³-hybridized carbons (Fsp3) is 0.125. The van der Waals surface area contributed by atoms with Gasteiger partial charge in [0.05, 0.1) is 24.2 Å². The van der Waals surface area contributed by atoms with E-state index in [0.717, 1.165) is 22.7 Å². The molecule has 1 aromatic heterocycles. The lowest BCUT2D eigenvalue weighted by atomic mass is 10.1. The first-order chi connectivity index (χ1) is 10.3. The quantitative estimate of drug-likeness (QED) is 0.746. The van der Waals surface area contributed by atoms with Gasteiger partial charge in [0.15, 0.2) is 0 Å². The zero-order chi connectivity index (χ0) is 14.7. The average molecular weight is 280 g/mol. The van der Waals surface area contributed by atoms with Crippen LogP contribution in [-0.4, -0.2) is 21.6 Å². The number of hydrogen-bond acceptors (Lipinski definition) is 4. The maximum absolute atomic E-state index is 5.83. The van der Waals surface area contributed by atoms with Crippen LogP contribution in [0.2, 0.25) is 0 Å². The third-order valence-corrected chi connectivity index (χ3v) is 3.13. The Balaban J connectivity index is 1.98. The minimum atomic E-state index is 0.655. The topological polar surface area (TPSA) is 66.0 Å². The predicted molar refractivity (Wildman–Crippen MR) is 82.4 cm³/mol. The van der Waals surface area contributed by atoms with Crippen molar-refractivity contribution in [2.75, 3.05) is 12.3 Å². The third-order valence-electron chi connectivity index (χ3n) is 3.13. The Morgan fingerprint density at radius 3 is 2.67 bits per heavy atom. The highest BCUT2D eigenvalue weighted by Gasteiger charge is 2.09. The first-order valence-electron chi connectivity index (χ1n) is 6.78. The molecule has 0 aliphatic rings. The van der Waals surface area contributed by atoms with Gasteiger partial charge in [-0.1, -0.05) is 11.3 Å². The van der Waals surface area contributed by atoms with E-state index in [1.54, 1.807) is 10.9 Å². The van der Waals surface area contributed by atoms with Gasteiger partial charge >= 0.3 is 0 Å². The lowest BCUT2D eigenvalue weighted by molar-refractivity contribution is 0.340. The van der Waals surface area contributed by atoms with Crippen LogP contribution in [0.15, 0.2) is 54.7 Å². The molecule has 0 saturated heterocycles. The number of anilines is 1. The van der Waals surface area contributed by atoms with Crippen LogP contribution in [0.25, 0.3) is 16.9 Å². The van der Waals surface area contributed by atoms with Gasteiger partial charge in [-0.3, -0.25) is 0 Å². The molecule has 0 atom stereocenters. The summed E-state index contributed by atoms with van der Waals surface area (Å²) in [6.45, 7) is 2.62. The van der Waals surface area contributed by atoms with Crippen molar-refractivity contribution in [3.63, 3.8) is 0 Å². The second-order valence-corrected chi connectivity index (χ2v) is 4.58. The SMILES string of the molecule is CCOc1ccc(-c2cnnn2-c2cccc(N)c2)cc1. The normalized spacial score (nSPS) is 10.5. The van der Waals surface area contributed by atoms with E-state index in [0.29, 0.717) is 12.3 Å². The highest BCUT2D eigenvalue weighted by Crippen LogP contribution is 2.24. The van der Waals surface area contributed by atoms with Gasteiger partial charge in [-0.05, 0) is 49.4 Å². The molecular formula is C16H16N4O. The summed E-state index contributed by atoms with van der Waals surface area (Å²) >= 11 is 0. The Labute approximate surface area is 123 Å². The third kappa shape index (κ3) is 2.72. The van der Waals surface area contributed by atoms with E-state index in [9.17, 15) is 0 Å². The number of benzene rings is 2. The van der Waals surface area contributed by atoms with E-state index in [-0.39, 0.29) is 0 Å². The predicted octanol–water partition coefficient (Wildman–Crippen LogP) is 2.92. The second-order valence-electron chi connectivity index (χ2n) is 4.58. The molecule has 0 aliphatic carbocycles. The number of nitrogens with zero attached hydrogens (tertiary/aromatic N) is 3. The minimum absolute atomic E-state index is 0.655. The average Bonchev–Trinajstić information content (AvgIpc) is 2.98. The molecule has 0 unspecified atom stereocenters. The molecule has 1 heterocycles. The zero-order valence-corrected chi connectivity index (χ0v) is 11.7. The van der Waals surface area contributed by atoms with E-state index in [4.69, 9.17) is 10.5 Å². The number of rotatable bonds is 4. The summed E-state index contributed by atoms with van der Waals surface area (Å²) < 4.78 is 7.22. The molecule has 0 amide bonds. The van der Waals surface area contributed by atoms with Crippen LogP contribution in [-0.2, 0) is 0 Å². The zero-order valence-electron chi connectivity index (χ0n) is 11.7. The molecule has 0 saturated carbocycles. The highest BCUT2D eigenvalue weighted by atomic mass is 16.5. The van der Waals surface area contributed by atoms with Crippen LogP contribution in [0.5, 0.6) is 5.75 Å². The monoisotopic (exact) mass is 280 g/mol. The van der Waals surface area contributed by atoms with E-state index in [1.165, 1.54) is 0 Å². The molecule has 21 heavy (non-hydrogen) atoms. The van der Waals surface area contributed by atoms with Gasteiger partial charge in [0, 0.05) is 11.3 Å².